The fourth-order valence-corrected chi connectivity index (χ4v) is 1.80. The van der Waals surface area contributed by atoms with Crippen LogP contribution in [0.4, 0.5) is 0 Å². The van der Waals surface area contributed by atoms with Crippen LogP contribution in [-0.2, 0) is 4.79 Å². The Morgan fingerprint density at radius 3 is 2.44 bits per heavy atom. The summed E-state index contributed by atoms with van der Waals surface area (Å²) in [5.74, 6) is 0.0507. The van der Waals surface area contributed by atoms with E-state index in [-0.39, 0.29) is 30.0 Å². The highest BCUT2D eigenvalue weighted by Gasteiger charge is 2.41. The van der Waals surface area contributed by atoms with Gasteiger partial charge in [-0.15, -0.1) is 0 Å². The summed E-state index contributed by atoms with van der Waals surface area (Å²) in [6, 6.07) is 0.0302. The van der Waals surface area contributed by atoms with Gasteiger partial charge in [-0.3, -0.25) is 4.79 Å². The van der Waals surface area contributed by atoms with Gasteiger partial charge in [-0.25, -0.2) is 0 Å². The molecule has 1 saturated carbocycles. The van der Waals surface area contributed by atoms with Gasteiger partial charge in [-0.05, 0) is 45.4 Å². The monoisotopic (exact) mass is 228 g/mol. The first kappa shape index (κ1) is 13.5. The summed E-state index contributed by atoms with van der Waals surface area (Å²) in [6.07, 6.45) is 3.18. The summed E-state index contributed by atoms with van der Waals surface area (Å²) in [5.41, 5.74) is 0.265. The smallest absolute Gasteiger partial charge is 0.237 e. The van der Waals surface area contributed by atoms with E-state index in [0.717, 1.165) is 13.0 Å². The van der Waals surface area contributed by atoms with Gasteiger partial charge in [0.25, 0.3) is 0 Å². The standard InChI is InChI=1S/C12H24N2O2/c1-9(2)14-11(16)10(3)13-8-12(4-5-12)6-7-15/h9-10,13,15H,4-8H2,1-3H3,(H,14,16). The van der Waals surface area contributed by atoms with Crippen molar-refractivity contribution in [1.82, 2.24) is 10.6 Å². The third kappa shape index (κ3) is 4.10. The maximum Gasteiger partial charge on any atom is 0.237 e. The Labute approximate surface area is 97.8 Å². The van der Waals surface area contributed by atoms with Crippen LogP contribution in [0.25, 0.3) is 0 Å². The fourth-order valence-electron chi connectivity index (χ4n) is 1.80. The topological polar surface area (TPSA) is 61.4 Å². The molecule has 1 aliphatic rings. The molecule has 1 unspecified atom stereocenters. The van der Waals surface area contributed by atoms with E-state index in [4.69, 9.17) is 5.11 Å². The number of aliphatic hydroxyl groups excluding tert-OH is 1. The van der Waals surface area contributed by atoms with E-state index in [9.17, 15) is 4.79 Å². The first-order chi connectivity index (χ1) is 7.49. The molecule has 0 spiro atoms. The fraction of sp³-hybridized carbons (Fsp3) is 0.917. The van der Waals surface area contributed by atoms with E-state index in [0.29, 0.717) is 0 Å². The summed E-state index contributed by atoms with van der Waals surface area (Å²) in [4.78, 5) is 11.6. The Morgan fingerprint density at radius 2 is 2.00 bits per heavy atom. The van der Waals surface area contributed by atoms with Crippen molar-refractivity contribution in [2.24, 2.45) is 5.41 Å². The molecule has 1 fully saturated rings. The molecule has 0 bridgehead atoms. The maximum absolute atomic E-state index is 11.6. The van der Waals surface area contributed by atoms with Gasteiger partial charge in [0, 0.05) is 19.2 Å². The van der Waals surface area contributed by atoms with E-state index in [1.165, 1.54) is 12.8 Å². The highest BCUT2D eigenvalue weighted by Crippen LogP contribution is 2.47. The van der Waals surface area contributed by atoms with Crippen molar-refractivity contribution >= 4 is 5.91 Å². The van der Waals surface area contributed by atoms with Crippen molar-refractivity contribution in [3.8, 4) is 0 Å². The van der Waals surface area contributed by atoms with Gasteiger partial charge in [0.05, 0.1) is 6.04 Å². The first-order valence-corrected chi connectivity index (χ1v) is 6.14. The predicted octanol–water partition coefficient (Wildman–Crippen LogP) is 0.652. The van der Waals surface area contributed by atoms with Crippen LogP contribution >= 0.6 is 0 Å². The lowest BCUT2D eigenvalue weighted by molar-refractivity contribution is -0.123. The number of hydrogen-bond donors (Lipinski definition) is 3. The quantitative estimate of drug-likeness (QED) is 0.599. The lowest BCUT2D eigenvalue weighted by Gasteiger charge is -2.20. The van der Waals surface area contributed by atoms with Crippen molar-refractivity contribution in [3.63, 3.8) is 0 Å². The Balaban J connectivity index is 2.24. The molecule has 4 nitrogen and oxygen atoms in total. The Morgan fingerprint density at radius 1 is 1.38 bits per heavy atom. The van der Waals surface area contributed by atoms with Crippen LogP contribution in [0.5, 0.6) is 0 Å². The summed E-state index contributed by atoms with van der Waals surface area (Å²) in [7, 11) is 0. The van der Waals surface area contributed by atoms with Crippen LogP contribution in [0.2, 0.25) is 0 Å². The Kier molecular flexibility index (Phi) is 4.74. The van der Waals surface area contributed by atoms with E-state index < -0.39 is 0 Å². The maximum atomic E-state index is 11.6. The molecule has 3 N–H and O–H groups in total. The molecule has 94 valence electrons. The zero-order valence-corrected chi connectivity index (χ0v) is 10.5. The van der Waals surface area contributed by atoms with Crippen molar-refractivity contribution in [3.05, 3.63) is 0 Å². The molecule has 0 aromatic heterocycles. The normalized spacial score (nSPS) is 19.6. The number of carbonyl (C=O) groups excluding carboxylic acids is 1. The van der Waals surface area contributed by atoms with Crippen molar-refractivity contribution in [2.45, 2.75) is 52.1 Å². The van der Waals surface area contributed by atoms with Crippen molar-refractivity contribution in [2.75, 3.05) is 13.2 Å². The Hall–Kier alpha value is -0.610. The highest BCUT2D eigenvalue weighted by atomic mass is 16.3. The van der Waals surface area contributed by atoms with Crippen molar-refractivity contribution < 1.29 is 9.90 Å². The molecule has 0 aromatic rings. The molecule has 0 heterocycles. The highest BCUT2D eigenvalue weighted by molar-refractivity contribution is 5.81. The summed E-state index contributed by atoms with van der Waals surface area (Å²) in [6.45, 7) is 6.87. The number of carbonyl (C=O) groups is 1. The lowest BCUT2D eigenvalue weighted by atomic mass is 10.0. The van der Waals surface area contributed by atoms with E-state index in [1.54, 1.807) is 0 Å². The minimum Gasteiger partial charge on any atom is -0.396 e. The second kappa shape index (κ2) is 5.64. The average Bonchev–Trinajstić information content (AvgIpc) is 2.94. The minimum atomic E-state index is -0.154. The molecular formula is C12H24N2O2. The second-order valence-corrected chi connectivity index (χ2v) is 5.24. The molecular weight excluding hydrogens is 204 g/mol. The number of aliphatic hydroxyl groups is 1. The molecule has 0 aliphatic heterocycles. The third-order valence-electron chi connectivity index (χ3n) is 3.21. The minimum absolute atomic E-state index is 0.0507. The number of rotatable bonds is 7. The van der Waals surface area contributed by atoms with Crippen LogP contribution in [0.15, 0.2) is 0 Å². The molecule has 1 rings (SSSR count). The molecule has 0 aromatic carbocycles. The molecule has 1 atom stereocenters. The van der Waals surface area contributed by atoms with Crippen LogP contribution < -0.4 is 10.6 Å². The molecule has 1 aliphatic carbocycles. The average molecular weight is 228 g/mol. The SMILES string of the molecule is CC(C)NC(=O)C(C)NCC1(CCO)CC1. The van der Waals surface area contributed by atoms with E-state index in [2.05, 4.69) is 10.6 Å². The van der Waals surface area contributed by atoms with Gasteiger partial charge in [0.2, 0.25) is 5.91 Å². The summed E-state index contributed by atoms with van der Waals surface area (Å²) < 4.78 is 0. The van der Waals surface area contributed by atoms with Crippen molar-refractivity contribution in [1.29, 1.82) is 0 Å². The summed E-state index contributed by atoms with van der Waals surface area (Å²) in [5, 5.41) is 15.1. The number of nitrogens with one attached hydrogen (secondary N) is 2. The Bertz CT molecular complexity index is 237. The van der Waals surface area contributed by atoms with Crippen LogP contribution in [0.3, 0.4) is 0 Å². The van der Waals surface area contributed by atoms with E-state index in [1.807, 2.05) is 20.8 Å². The van der Waals surface area contributed by atoms with Gasteiger partial charge in [-0.1, -0.05) is 0 Å². The van der Waals surface area contributed by atoms with Gasteiger partial charge in [0.1, 0.15) is 0 Å². The van der Waals surface area contributed by atoms with Gasteiger partial charge in [-0.2, -0.15) is 0 Å². The second-order valence-electron chi connectivity index (χ2n) is 5.24. The molecule has 16 heavy (non-hydrogen) atoms. The molecule has 1 amide bonds. The van der Waals surface area contributed by atoms with Gasteiger partial charge in [0.15, 0.2) is 0 Å². The largest absolute Gasteiger partial charge is 0.396 e. The lowest BCUT2D eigenvalue weighted by Crippen LogP contribution is -2.46. The molecule has 4 heteroatoms. The molecule has 0 saturated heterocycles. The van der Waals surface area contributed by atoms with Gasteiger partial charge < -0.3 is 15.7 Å². The van der Waals surface area contributed by atoms with E-state index >= 15 is 0 Å². The number of amides is 1. The molecule has 0 radical (unpaired) electrons. The van der Waals surface area contributed by atoms with Crippen LogP contribution in [0, 0.1) is 5.41 Å². The zero-order chi connectivity index (χ0) is 12.2. The first-order valence-electron chi connectivity index (χ1n) is 6.14. The van der Waals surface area contributed by atoms with Crippen LogP contribution in [0.1, 0.15) is 40.0 Å². The summed E-state index contributed by atoms with van der Waals surface area (Å²) >= 11 is 0. The third-order valence-corrected chi connectivity index (χ3v) is 3.21. The zero-order valence-electron chi connectivity index (χ0n) is 10.5. The predicted molar refractivity (Wildman–Crippen MR) is 64.1 cm³/mol. The number of hydrogen-bond acceptors (Lipinski definition) is 3. The van der Waals surface area contributed by atoms with Gasteiger partial charge >= 0.3 is 0 Å². The van der Waals surface area contributed by atoms with Crippen LogP contribution in [-0.4, -0.2) is 36.2 Å².